The molecular formula is C19H22N2O4. The van der Waals surface area contributed by atoms with E-state index in [-0.39, 0.29) is 10.6 Å². The number of nitro benzene ring substituents is 1. The maximum atomic E-state index is 11.3. The number of nitro groups is 1. The van der Waals surface area contributed by atoms with Crippen LogP contribution in [0.1, 0.15) is 24.0 Å². The Kier molecular flexibility index (Phi) is 5.19. The number of hydrogen-bond donors (Lipinski definition) is 0. The lowest BCUT2D eigenvalue weighted by molar-refractivity contribution is -0.385. The quantitative estimate of drug-likeness (QED) is 0.539. The van der Waals surface area contributed by atoms with Gasteiger partial charge in [-0.25, -0.2) is 0 Å². The highest BCUT2D eigenvalue weighted by Crippen LogP contribution is 2.34. The topological polar surface area (TPSA) is 64.8 Å². The third-order valence-corrected chi connectivity index (χ3v) is 4.49. The van der Waals surface area contributed by atoms with Crippen molar-refractivity contribution >= 4 is 5.69 Å². The summed E-state index contributed by atoms with van der Waals surface area (Å²) < 4.78 is 10.8. The Bertz CT molecular complexity index is 759. The van der Waals surface area contributed by atoms with Gasteiger partial charge in [-0.2, -0.15) is 0 Å². The van der Waals surface area contributed by atoms with Crippen LogP contribution in [-0.2, 0) is 13.1 Å². The Morgan fingerprint density at radius 2 is 1.80 bits per heavy atom. The van der Waals surface area contributed by atoms with Crippen molar-refractivity contribution in [2.75, 3.05) is 14.2 Å². The van der Waals surface area contributed by atoms with Crippen molar-refractivity contribution in [1.29, 1.82) is 0 Å². The molecule has 0 unspecified atom stereocenters. The molecule has 6 heteroatoms. The molecule has 0 aromatic heterocycles. The van der Waals surface area contributed by atoms with Crippen molar-refractivity contribution in [3.63, 3.8) is 0 Å². The zero-order chi connectivity index (χ0) is 17.8. The molecule has 132 valence electrons. The lowest BCUT2D eigenvalue weighted by Crippen LogP contribution is -2.25. The van der Waals surface area contributed by atoms with Crippen LogP contribution < -0.4 is 9.47 Å². The van der Waals surface area contributed by atoms with Crippen molar-refractivity contribution in [2.45, 2.75) is 32.0 Å². The van der Waals surface area contributed by atoms with Crippen LogP contribution in [0.25, 0.3) is 0 Å². The summed E-state index contributed by atoms with van der Waals surface area (Å²) in [5, 5.41) is 11.3. The summed E-state index contributed by atoms with van der Waals surface area (Å²) in [6.07, 6.45) is 2.24. The summed E-state index contributed by atoms with van der Waals surface area (Å²) in [5.41, 5.74) is 1.93. The van der Waals surface area contributed by atoms with Crippen molar-refractivity contribution in [3.8, 4) is 11.5 Å². The number of methoxy groups -OCH3 is 2. The fraction of sp³-hybridized carbons (Fsp3) is 0.368. The first-order valence-corrected chi connectivity index (χ1v) is 8.29. The highest BCUT2D eigenvalue weighted by atomic mass is 16.6. The van der Waals surface area contributed by atoms with Crippen LogP contribution in [0.5, 0.6) is 11.5 Å². The first-order chi connectivity index (χ1) is 12.1. The Hall–Kier alpha value is -2.60. The molecule has 0 spiro atoms. The smallest absolute Gasteiger partial charge is 0.273 e. The lowest BCUT2D eigenvalue weighted by atomic mass is 10.1. The van der Waals surface area contributed by atoms with Crippen LogP contribution in [0.3, 0.4) is 0 Å². The van der Waals surface area contributed by atoms with E-state index in [9.17, 15) is 10.1 Å². The summed E-state index contributed by atoms with van der Waals surface area (Å²) in [6.45, 7) is 1.21. The third kappa shape index (κ3) is 4.09. The minimum absolute atomic E-state index is 0.172. The first kappa shape index (κ1) is 17.2. The Morgan fingerprint density at radius 3 is 2.44 bits per heavy atom. The molecule has 0 amide bonds. The molecule has 2 aromatic carbocycles. The average Bonchev–Trinajstić information content (AvgIpc) is 3.46. The number of hydrogen-bond acceptors (Lipinski definition) is 5. The van der Waals surface area contributed by atoms with E-state index in [2.05, 4.69) is 4.90 Å². The van der Waals surface area contributed by atoms with E-state index in [0.717, 1.165) is 35.5 Å². The predicted octanol–water partition coefficient (Wildman–Crippen LogP) is 3.78. The van der Waals surface area contributed by atoms with Crippen molar-refractivity contribution in [3.05, 3.63) is 63.7 Å². The second kappa shape index (κ2) is 7.53. The van der Waals surface area contributed by atoms with Gasteiger partial charge in [-0.3, -0.25) is 15.0 Å². The van der Waals surface area contributed by atoms with E-state index in [0.29, 0.717) is 19.1 Å². The molecule has 0 atom stereocenters. The van der Waals surface area contributed by atoms with Crippen LogP contribution in [0.15, 0.2) is 42.5 Å². The van der Waals surface area contributed by atoms with E-state index < -0.39 is 0 Å². The number of nitrogens with zero attached hydrogens (tertiary/aromatic N) is 2. The van der Waals surface area contributed by atoms with Crippen LogP contribution in [0.4, 0.5) is 5.69 Å². The lowest BCUT2D eigenvalue weighted by Gasteiger charge is -2.23. The number of para-hydroxylation sites is 1. The van der Waals surface area contributed by atoms with Gasteiger partial charge in [-0.1, -0.05) is 18.2 Å². The van der Waals surface area contributed by atoms with Gasteiger partial charge in [0.25, 0.3) is 5.69 Å². The van der Waals surface area contributed by atoms with E-state index in [1.807, 2.05) is 30.3 Å². The average molecular weight is 342 g/mol. The van der Waals surface area contributed by atoms with E-state index in [1.54, 1.807) is 26.4 Å². The van der Waals surface area contributed by atoms with Gasteiger partial charge < -0.3 is 9.47 Å². The van der Waals surface area contributed by atoms with Gasteiger partial charge >= 0.3 is 0 Å². The van der Waals surface area contributed by atoms with Gasteiger partial charge in [0.05, 0.1) is 19.1 Å². The Morgan fingerprint density at radius 1 is 1.08 bits per heavy atom. The normalized spacial score (nSPS) is 13.7. The molecule has 1 aliphatic carbocycles. The van der Waals surface area contributed by atoms with Gasteiger partial charge in [0.1, 0.15) is 11.5 Å². The molecule has 0 radical (unpaired) electrons. The monoisotopic (exact) mass is 342 g/mol. The molecule has 1 fully saturated rings. The molecule has 0 N–H and O–H groups in total. The van der Waals surface area contributed by atoms with Crippen molar-refractivity contribution in [2.24, 2.45) is 0 Å². The van der Waals surface area contributed by atoms with Gasteiger partial charge in [0.15, 0.2) is 0 Å². The molecule has 2 aromatic rings. The van der Waals surface area contributed by atoms with Crippen molar-refractivity contribution < 1.29 is 14.4 Å². The molecule has 1 saturated carbocycles. The van der Waals surface area contributed by atoms with Gasteiger partial charge in [-0.15, -0.1) is 0 Å². The van der Waals surface area contributed by atoms with Crippen LogP contribution in [0.2, 0.25) is 0 Å². The molecule has 0 heterocycles. The van der Waals surface area contributed by atoms with Gasteiger partial charge in [-0.05, 0) is 31.0 Å². The van der Waals surface area contributed by atoms with E-state index >= 15 is 0 Å². The van der Waals surface area contributed by atoms with Crippen LogP contribution >= 0.6 is 0 Å². The molecule has 3 rings (SSSR count). The Labute approximate surface area is 147 Å². The summed E-state index contributed by atoms with van der Waals surface area (Å²) in [6, 6.07) is 13.1. The van der Waals surface area contributed by atoms with Gasteiger partial charge in [0, 0.05) is 36.3 Å². The largest absolute Gasteiger partial charge is 0.497 e. The highest BCUT2D eigenvalue weighted by molar-refractivity contribution is 5.42. The maximum Gasteiger partial charge on any atom is 0.273 e. The summed E-state index contributed by atoms with van der Waals surface area (Å²) >= 11 is 0. The number of rotatable bonds is 8. The minimum Gasteiger partial charge on any atom is -0.497 e. The van der Waals surface area contributed by atoms with Crippen LogP contribution in [0, 0.1) is 10.1 Å². The molecule has 1 aliphatic rings. The number of ether oxygens (including phenoxy) is 2. The second-order valence-corrected chi connectivity index (χ2v) is 6.20. The summed E-state index contributed by atoms with van der Waals surface area (Å²) in [4.78, 5) is 13.2. The molecule has 0 aliphatic heterocycles. The summed E-state index contributed by atoms with van der Waals surface area (Å²) in [5.74, 6) is 1.58. The standard InChI is InChI=1S/C19H22N2O4/c1-24-17-9-10-19(25-2)15(11-17)13-20(16-7-8-16)12-14-5-3-4-6-18(14)21(22)23/h3-6,9-11,16H,7-8,12-13H2,1-2H3. The zero-order valence-electron chi connectivity index (χ0n) is 14.5. The van der Waals surface area contributed by atoms with Gasteiger partial charge in [0.2, 0.25) is 0 Å². The molecular weight excluding hydrogens is 320 g/mol. The Balaban J connectivity index is 1.85. The maximum absolute atomic E-state index is 11.3. The minimum atomic E-state index is -0.313. The molecule has 25 heavy (non-hydrogen) atoms. The SMILES string of the molecule is COc1ccc(OC)c(CN(Cc2ccccc2[N+](=O)[O-])C2CC2)c1. The zero-order valence-corrected chi connectivity index (χ0v) is 14.5. The number of benzene rings is 2. The third-order valence-electron chi connectivity index (χ3n) is 4.49. The highest BCUT2D eigenvalue weighted by Gasteiger charge is 2.31. The molecule has 6 nitrogen and oxygen atoms in total. The van der Waals surface area contributed by atoms with Crippen molar-refractivity contribution in [1.82, 2.24) is 4.90 Å². The molecule has 0 saturated heterocycles. The first-order valence-electron chi connectivity index (χ1n) is 8.29. The van der Waals surface area contributed by atoms with Crippen LogP contribution in [-0.4, -0.2) is 30.1 Å². The predicted molar refractivity (Wildman–Crippen MR) is 94.9 cm³/mol. The van der Waals surface area contributed by atoms with E-state index in [1.165, 1.54) is 0 Å². The summed E-state index contributed by atoms with van der Waals surface area (Å²) in [7, 11) is 3.28. The van der Waals surface area contributed by atoms with E-state index in [4.69, 9.17) is 9.47 Å². The molecule has 0 bridgehead atoms. The fourth-order valence-corrected chi connectivity index (χ4v) is 3.02. The second-order valence-electron chi connectivity index (χ2n) is 6.20. The fourth-order valence-electron chi connectivity index (χ4n) is 3.02.